The third kappa shape index (κ3) is 14.7. The van der Waals surface area contributed by atoms with Crippen molar-refractivity contribution in [3.8, 4) is 0 Å². The normalized spacial score (nSPS) is 11.3. The minimum atomic E-state index is -1.31. The molecule has 0 aliphatic heterocycles. The van der Waals surface area contributed by atoms with Gasteiger partial charge in [0.25, 0.3) is 22.9 Å². The zero-order valence-electron chi connectivity index (χ0n) is 33.9. The molecule has 2 atom stereocenters. The molecular weight excluding hydrogens is 919 g/mol. The Morgan fingerprint density at radius 1 is 0.576 bits per heavy atom. The molecule has 0 spiro atoms. The van der Waals surface area contributed by atoms with Crippen LogP contribution in [0.2, 0.25) is 0 Å². The molecule has 4 heterocycles. The Bertz CT molecular complexity index is 2650. The summed E-state index contributed by atoms with van der Waals surface area (Å²) in [5, 5.41) is 46.4. The molecular formula is C38H40N14NiO13. The number of aliphatic carboxylic acids is 4. The Morgan fingerprint density at radius 3 is 1.24 bits per heavy atom. The van der Waals surface area contributed by atoms with Gasteiger partial charge in [0, 0.05) is 51.8 Å². The van der Waals surface area contributed by atoms with E-state index in [0.29, 0.717) is 22.8 Å². The van der Waals surface area contributed by atoms with Crippen molar-refractivity contribution in [1.82, 2.24) is 50.5 Å². The number of carboxylic acid groups (broad SMARTS) is 4. The summed E-state index contributed by atoms with van der Waals surface area (Å²) in [7, 11) is 0. The molecule has 27 nitrogen and oxygen atoms in total. The molecule has 0 aliphatic carbocycles. The average Bonchev–Trinajstić information content (AvgIpc) is 3.25. The Hall–Kier alpha value is -8.65. The van der Waals surface area contributed by atoms with E-state index in [1.165, 1.54) is 36.7 Å². The molecule has 0 saturated heterocycles. The van der Waals surface area contributed by atoms with Crippen LogP contribution in [-0.2, 0) is 48.8 Å². The summed E-state index contributed by atoms with van der Waals surface area (Å²) in [5.74, 6) is -6.31. The topological polar surface area (TPSA) is 458 Å². The average molecular weight is 960 g/mol. The number of aromatic nitrogens is 8. The first kappa shape index (κ1) is 51.7. The van der Waals surface area contributed by atoms with Gasteiger partial charge in [0.1, 0.15) is 12.1 Å². The molecule has 28 heteroatoms. The third-order valence-corrected chi connectivity index (χ3v) is 8.71. The summed E-state index contributed by atoms with van der Waals surface area (Å²) in [6, 6.07) is 9.73. The van der Waals surface area contributed by atoms with Crippen LogP contribution in [0.4, 0.5) is 23.3 Å². The number of carbonyl (C=O) groups is 6. The number of nitrogens with two attached hydrogens (primary N) is 2. The van der Waals surface area contributed by atoms with E-state index in [-0.39, 0.29) is 106 Å². The van der Waals surface area contributed by atoms with E-state index in [4.69, 9.17) is 31.9 Å². The molecule has 0 radical (unpaired) electrons. The van der Waals surface area contributed by atoms with Gasteiger partial charge in [-0.2, -0.15) is 9.97 Å². The molecule has 66 heavy (non-hydrogen) atoms. The summed E-state index contributed by atoms with van der Waals surface area (Å²) >= 11 is 0. The maximum absolute atomic E-state index is 12.3. The van der Waals surface area contributed by atoms with Crippen LogP contribution in [0.3, 0.4) is 0 Å². The number of nitrogens with one attached hydrogen (secondary N) is 6. The van der Waals surface area contributed by atoms with Crippen molar-refractivity contribution in [2.45, 2.75) is 50.9 Å². The smallest absolute Gasteiger partial charge is 0.326 e. The van der Waals surface area contributed by atoms with Crippen LogP contribution in [0.5, 0.6) is 0 Å². The molecule has 4 aromatic heterocycles. The maximum atomic E-state index is 12.3. The summed E-state index contributed by atoms with van der Waals surface area (Å²) in [4.78, 5) is 121. The summed E-state index contributed by atoms with van der Waals surface area (Å²) in [6.45, 7) is 0.461. The first-order valence-corrected chi connectivity index (χ1v) is 18.7. The Morgan fingerprint density at radius 2 is 0.924 bits per heavy atom. The fourth-order valence-corrected chi connectivity index (χ4v) is 5.51. The van der Waals surface area contributed by atoms with Gasteiger partial charge in [-0.15, -0.1) is 0 Å². The Kier molecular flexibility index (Phi) is 18.6. The minimum Gasteiger partial charge on any atom is -0.481 e. The van der Waals surface area contributed by atoms with Crippen molar-refractivity contribution in [3.63, 3.8) is 0 Å². The maximum Gasteiger partial charge on any atom is 0.326 e. The Labute approximate surface area is 379 Å². The molecule has 6 rings (SSSR count). The van der Waals surface area contributed by atoms with Gasteiger partial charge in [0.2, 0.25) is 11.9 Å². The molecule has 16 N–H and O–H groups in total. The van der Waals surface area contributed by atoms with E-state index in [1.807, 2.05) is 0 Å². The second-order valence-corrected chi connectivity index (χ2v) is 13.4. The van der Waals surface area contributed by atoms with Gasteiger partial charge in [-0.25, -0.2) is 29.5 Å². The van der Waals surface area contributed by atoms with Crippen LogP contribution in [-0.4, -0.2) is 114 Å². The molecule has 0 bridgehead atoms. The number of benzene rings is 2. The van der Waals surface area contributed by atoms with Gasteiger partial charge >= 0.3 is 23.9 Å². The van der Waals surface area contributed by atoms with E-state index < -0.39 is 58.9 Å². The predicted octanol–water partition coefficient (Wildman–Crippen LogP) is -0.917. The van der Waals surface area contributed by atoms with Crippen molar-refractivity contribution in [2.24, 2.45) is 0 Å². The van der Waals surface area contributed by atoms with Gasteiger partial charge in [-0.05, 0) is 61.4 Å². The second-order valence-electron chi connectivity index (χ2n) is 13.4. The van der Waals surface area contributed by atoms with Gasteiger partial charge in [0.05, 0.1) is 36.9 Å². The van der Waals surface area contributed by atoms with Crippen molar-refractivity contribution in [1.29, 1.82) is 0 Å². The molecule has 0 aliphatic rings. The van der Waals surface area contributed by atoms with E-state index in [2.05, 4.69) is 61.1 Å². The summed E-state index contributed by atoms with van der Waals surface area (Å²) < 4.78 is 0. The van der Waals surface area contributed by atoms with Gasteiger partial charge in [0.15, 0.2) is 22.3 Å². The molecule has 0 saturated carbocycles. The predicted molar refractivity (Wildman–Crippen MR) is 227 cm³/mol. The van der Waals surface area contributed by atoms with E-state index >= 15 is 0 Å². The van der Waals surface area contributed by atoms with Crippen LogP contribution in [0.15, 0.2) is 70.5 Å². The second kappa shape index (κ2) is 23.7. The van der Waals surface area contributed by atoms with E-state index in [9.17, 15) is 38.4 Å². The molecule has 350 valence electrons. The number of H-pyrrole nitrogens is 2. The minimum absolute atomic E-state index is 0. The van der Waals surface area contributed by atoms with Gasteiger partial charge in [-0.1, -0.05) is 0 Å². The number of nitrogens with zero attached hydrogens (tertiary/aromatic N) is 6. The summed E-state index contributed by atoms with van der Waals surface area (Å²) in [5.41, 5.74) is 12.9. The van der Waals surface area contributed by atoms with Crippen molar-refractivity contribution < 1.29 is 71.2 Å². The number of fused-ring (bicyclic) bond motifs is 2. The van der Waals surface area contributed by atoms with Crippen molar-refractivity contribution in [2.75, 3.05) is 22.1 Å². The van der Waals surface area contributed by atoms with Crippen molar-refractivity contribution in [3.05, 3.63) is 104 Å². The first-order valence-electron chi connectivity index (χ1n) is 18.7. The van der Waals surface area contributed by atoms with Crippen LogP contribution >= 0.6 is 0 Å². The number of hydrogen-bond donors (Lipinski definition) is 12. The molecule has 6 aromatic rings. The largest absolute Gasteiger partial charge is 0.481 e. The first-order chi connectivity index (χ1) is 30.4. The molecule has 0 fully saturated rings. The van der Waals surface area contributed by atoms with E-state index in [1.54, 1.807) is 24.3 Å². The molecule has 2 amide bonds. The zero-order valence-corrected chi connectivity index (χ0v) is 34.9. The zero-order chi connectivity index (χ0) is 46.5. The number of aromatic amines is 2. The van der Waals surface area contributed by atoms with E-state index in [0.717, 1.165) is 0 Å². The van der Waals surface area contributed by atoms with Gasteiger partial charge < -0.3 is 58.6 Å². The number of nitrogen functional groups attached to an aromatic ring is 2. The standard InChI is InChI=1S/2C19H19N7O6.Ni.H2O/c2*20-19-25-15-14(17(30)26-19)23-11(8-22-15)7-21-10-3-1-9(2-4-10)16(29)24-12(18(31)32)5-6-13(27)28;;/h2*1-4,8,12,21H,5-7H2,(H,24,29)(H,27,28)(H,31,32)(H3,20,22,25,26,30);;1H2/t2*12-;;/m00../s1. The SMILES string of the molecule is Nc1nc2ncc(CNc3ccc(C(=O)N[C@@H](CCC(=O)O)C(=O)O)cc3)nc2c(=O)[nH]1.Nc1nc2ncc(CNc3ccc(C(=O)N[C@@H](CCC(=O)O)C(=O)O)cc3)nc2c(=O)[nH]1.O.[Ni]. The third-order valence-electron chi connectivity index (χ3n) is 8.71. The number of carboxylic acids is 4. The number of rotatable bonds is 18. The van der Waals surface area contributed by atoms with Gasteiger partial charge in [-0.3, -0.25) is 38.7 Å². The quantitative estimate of drug-likeness (QED) is 0.0464. The fraction of sp³-hybridized carbons (Fsp3) is 0.211. The molecule has 0 unspecified atom stereocenters. The van der Waals surface area contributed by atoms with Crippen molar-refractivity contribution >= 4 is 81.3 Å². The number of amides is 2. The number of anilines is 4. The molecule has 2 aromatic carbocycles. The van der Waals surface area contributed by atoms with Crippen LogP contribution in [0.1, 0.15) is 57.8 Å². The van der Waals surface area contributed by atoms with Crippen LogP contribution < -0.4 is 43.9 Å². The Balaban J connectivity index is 0.000000340. The number of carbonyl (C=O) groups excluding carboxylic acids is 2. The van der Waals surface area contributed by atoms with Crippen LogP contribution in [0, 0.1) is 0 Å². The fourth-order valence-electron chi connectivity index (χ4n) is 5.51. The van der Waals surface area contributed by atoms with Crippen LogP contribution in [0.25, 0.3) is 22.3 Å². The summed E-state index contributed by atoms with van der Waals surface area (Å²) in [6.07, 6.45) is 1.68. The monoisotopic (exact) mass is 958 g/mol. The number of hydrogen-bond acceptors (Lipinski definition) is 18.